The van der Waals surface area contributed by atoms with E-state index < -0.39 is 0 Å². The highest BCUT2D eigenvalue weighted by atomic mass is 16.3. The second-order valence-electron chi connectivity index (χ2n) is 8.67. The standard InChI is InChI=1S/C25H26N6O2/c1-16(2)31-10-7-17(8-11-31)25-27-22(15-33-25)24(32)28-23-13-20-12-18(5-6-21(20)29-30-23)19-4-3-9-26-14-19/h3-6,9,12-17H,7-8,10-11H2,1-2H3,(H,28,30,32). The van der Waals surface area contributed by atoms with Crippen LogP contribution in [0.1, 0.15) is 49.0 Å². The van der Waals surface area contributed by atoms with Crippen LogP contribution in [0.4, 0.5) is 5.82 Å². The Morgan fingerprint density at radius 1 is 1.12 bits per heavy atom. The van der Waals surface area contributed by atoms with Crippen LogP contribution in [-0.2, 0) is 0 Å². The Morgan fingerprint density at radius 3 is 2.73 bits per heavy atom. The lowest BCUT2D eigenvalue weighted by atomic mass is 9.96. The fourth-order valence-electron chi connectivity index (χ4n) is 4.24. The predicted molar refractivity (Wildman–Crippen MR) is 126 cm³/mol. The first-order chi connectivity index (χ1) is 16.1. The van der Waals surface area contributed by atoms with Crippen LogP contribution in [-0.4, -0.2) is 50.1 Å². The van der Waals surface area contributed by atoms with Crippen LogP contribution in [0.3, 0.4) is 0 Å². The molecule has 1 amide bonds. The molecule has 8 nitrogen and oxygen atoms in total. The summed E-state index contributed by atoms with van der Waals surface area (Å²) >= 11 is 0. The third-order valence-electron chi connectivity index (χ3n) is 6.19. The molecule has 0 atom stereocenters. The van der Waals surface area contributed by atoms with Gasteiger partial charge in [0.15, 0.2) is 17.4 Å². The van der Waals surface area contributed by atoms with Gasteiger partial charge < -0.3 is 14.6 Å². The molecule has 168 valence electrons. The van der Waals surface area contributed by atoms with E-state index in [1.807, 2.05) is 42.6 Å². The molecule has 1 aliphatic rings. The lowest BCUT2D eigenvalue weighted by molar-refractivity contribution is 0.102. The molecule has 1 aliphatic heterocycles. The molecule has 8 heteroatoms. The topological polar surface area (TPSA) is 97.0 Å². The Morgan fingerprint density at radius 2 is 1.97 bits per heavy atom. The molecule has 4 aromatic rings. The second-order valence-corrected chi connectivity index (χ2v) is 8.67. The zero-order valence-corrected chi connectivity index (χ0v) is 18.7. The number of piperidine rings is 1. The number of nitrogens with one attached hydrogen (secondary N) is 1. The summed E-state index contributed by atoms with van der Waals surface area (Å²) in [4.78, 5) is 23.8. The van der Waals surface area contributed by atoms with Crippen molar-refractivity contribution in [2.75, 3.05) is 18.4 Å². The number of fused-ring (bicyclic) bond motifs is 1. The first-order valence-electron chi connectivity index (χ1n) is 11.3. The summed E-state index contributed by atoms with van der Waals surface area (Å²) in [5.74, 6) is 0.884. The highest BCUT2D eigenvalue weighted by molar-refractivity contribution is 6.02. The summed E-state index contributed by atoms with van der Waals surface area (Å²) in [5.41, 5.74) is 3.03. The van der Waals surface area contributed by atoms with E-state index in [2.05, 4.69) is 44.2 Å². The molecule has 0 spiro atoms. The van der Waals surface area contributed by atoms with Crippen molar-refractivity contribution < 1.29 is 9.21 Å². The minimum absolute atomic E-state index is 0.243. The number of carbonyl (C=O) groups excluding carboxylic acids is 1. The highest BCUT2D eigenvalue weighted by Crippen LogP contribution is 2.28. The maximum Gasteiger partial charge on any atom is 0.278 e. The Labute approximate surface area is 192 Å². The van der Waals surface area contributed by atoms with Crippen LogP contribution in [0.2, 0.25) is 0 Å². The molecule has 0 radical (unpaired) electrons. The second kappa shape index (κ2) is 9.07. The SMILES string of the molecule is CC(C)N1CCC(c2nc(C(=O)Nc3cc4cc(-c5cccnc5)ccc4nn3)co2)CC1. The van der Waals surface area contributed by atoms with Crippen molar-refractivity contribution in [2.24, 2.45) is 0 Å². The molecule has 4 heterocycles. The Balaban J connectivity index is 1.29. The van der Waals surface area contributed by atoms with Gasteiger partial charge in [0.1, 0.15) is 6.26 Å². The number of aromatic nitrogens is 4. The number of pyridine rings is 1. The Kier molecular flexibility index (Phi) is 5.83. The van der Waals surface area contributed by atoms with Crippen molar-refractivity contribution in [3.05, 3.63) is 66.6 Å². The number of hydrogen-bond donors (Lipinski definition) is 1. The quantitative estimate of drug-likeness (QED) is 0.485. The number of nitrogens with zero attached hydrogens (tertiary/aromatic N) is 5. The van der Waals surface area contributed by atoms with Crippen LogP contribution < -0.4 is 5.32 Å². The van der Waals surface area contributed by atoms with Gasteiger partial charge in [-0.25, -0.2) is 4.98 Å². The van der Waals surface area contributed by atoms with Gasteiger partial charge in [-0.05, 0) is 69.6 Å². The number of oxazole rings is 1. The van der Waals surface area contributed by atoms with E-state index in [9.17, 15) is 4.79 Å². The van der Waals surface area contributed by atoms with Crippen molar-refractivity contribution in [3.63, 3.8) is 0 Å². The van der Waals surface area contributed by atoms with E-state index in [-0.39, 0.29) is 17.5 Å². The smallest absolute Gasteiger partial charge is 0.278 e. The summed E-state index contributed by atoms with van der Waals surface area (Å²) in [5, 5.41) is 12.0. The zero-order chi connectivity index (χ0) is 22.8. The fourth-order valence-corrected chi connectivity index (χ4v) is 4.24. The molecule has 1 saturated heterocycles. The average molecular weight is 443 g/mol. The molecular formula is C25H26N6O2. The molecular weight excluding hydrogens is 416 g/mol. The Bertz CT molecular complexity index is 1260. The maximum absolute atomic E-state index is 12.8. The van der Waals surface area contributed by atoms with Crippen molar-refractivity contribution in [1.29, 1.82) is 0 Å². The van der Waals surface area contributed by atoms with Gasteiger partial charge in [0.2, 0.25) is 0 Å². The first-order valence-corrected chi connectivity index (χ1v) is 11.3. The van der Waals surface area contributed by atoms with Crippen molar-refractivity contribution in [3.8, 4) is 11.1 Å². The molecule has 1 N–H and O–H groups in total. The van der Waals surface area contributed by atoms with E-state index in [1.165, 1.54) is 6.26 Å². The van der Waals surface area contributed by atoms with Crippen LogP contribution in [0.5, 0.6) is 0 Å². The molecule has 3 aromatic heterocycles. The van der Waals surface area contributed by atoms with Crippen LogP contribution >= 0.6 is 0 Å². The average Bonchev–Trinajstić information content (AvgIpc) is 3.35. The van der Waals surface area contributed by atoms with Crippen molar-refractivity contribution in [1.82, 2.24) is 25.1 Å². The van der Waals surface area contributed by atoms with E-state index >= 15 is 0 Å². The number of anilines is 1. The third-order valence-corrected chi connectivity index (χ3v) is 6.19. The summed E-state index contributed by atoms with van der Waals surface area (Å²) in [6.45, 7) is 6.45. The lowest BCUT2D eigenvalue weighted by Gasteiger charge is -2.33. The number of carbonyl (C=O) groups is 1. The monoisotopic (exact) mass is 442 g/mol. The molecule has 5 rings (SSSR count). The van der Waals surface area contributed by atoms with Crippen LogP contribution in [0, 0.1) is 0 Å². The molecule has 0 bridgehead atoms. The molecule has 0 aliphatic carbocycles. The number of likely N-dealkylation sites (tertiary alicyclic amines) is 1. The van der Waals surface area contributed by atoms with Crippen LogP contribution in [0.15, 0.2) is 59.5 Å². The predicted octanol–water partition coefficient (Wildman–Crippen LogP) is 4.52. The summed E-state index contributed by atoms with van der Waals surface area (Å²) in [6.07, 6.45) is 6.94. The molecule has 1 fully saturated rings. The maximum atomic E-state index is 12.8. The number of amides is 1. The largest absolute Gasteiger partial charge is 0.448 e. The molecule has 0 saturated carbocycles. The number of hydrogen-bond acceptors (Lipinski definition) is 7. The fraction of sp³-hybridized carbons (Fsp3) is 0.320. The van der Waals surface area contributed by atoms with Gasteiger partial charge in [0.05, 0.1) is 5.52 Å². The number of rotatable bonds is 5. The Hall–Kier alpha value is -3.65. The van der Waals surface area contributed by atoms with E-state index in [0.717, 1.165) is 48.0 Å². The molecule has 0 unspecified atom stereocenters. The summed E-state index contributed by atoms with van der Waals surface area (Å²) < 4.78 is 5.66. The number of benzene rings is 1. The first kappa shape index (κ1) is 21.2. The summed E-state index contributed by atoms with van der Waals surface area (Å²) in [7, 11) is 0. The normalized spacial score (nSPS) is 15.2. The van der Waals surface area contributed by atoms with E-state index in [0.29, 0.717) is 17.8 Å². The van der Waals surface area contributed by atoms with Gasteiger partial charge in [-0.15, -0.1) is 10.2 Å². The van der Waals surface area contributed by atoms with Crippen molar-refractivity contribution >= 4 is 22.6 Å². The minimum Gasteiger partial charge on any atom is -0.448 e. The minimum atomic E-state index is -0.360. The highest BCUT2D eigenvalue weighted by Gasteiger charge is 2.26. The van der Waals surface area contributed by atoms with Gasteiger partial charge in [-0.3, -0.25) is 9.78 Å². The van der Waals surface area contributed by atoms with Gasteiger partial charge in [-0.2, -0.15) is 0 Å². The van der Waals surface area contributed by atoms with E-state index in [1.54, 1.807) is 6.20 Å². The molecule has 1 aromatic carbocycles. The van der Waals surface area contributed by atoms with E-state index in [4.69, 9.17) is 4.42 Å². The summed E-state index contributed by atoms with van der Waals surface area (Å²) in [6, 6.07) is 12.1. The van der Waals surface area contributed by atoms with Gasteiger partial charge in [-0.1, -0.05) is 12.1 Å². The molecule has 33 heavy (non-hydrogen) atoms. The van der Waals surface area contributed by atoms with Gasteiger partial charge in [0.25, 0.3) is 5.91 Å². The zero-order valence-electron chi connectivity index (χ0n) is 18.7. The van der Waals surface area contributed by atoms with Crippen molar-refractivity contribution in [2.45, 2.75) is 38.6 Å². The van der Waals surface area contributed by atoms with Gasteiger partial charge in [0, 0.05) is 35.3 Å². The lowest BCUT2D eigenvalue weighted by Crippen LogP contribution is -2.37. The van der Waals surface area contributed by atoms with Gasteiger partial charge >= 0.3 is 0 Å². The van der Waals surface area contributed by atoms with Crippen LogP contribution in [0.25, 0.3) is 22.0 Å². The third kappa shape index (κ3) is 4.61.